The maximum Gasteiger partial charge on any atom is 0.124 e. The molecular formula is C24H24N2O. The Kier molecular flexibility index (Phi) is 4.59. The van der Waals surface area contributed by atoms with Crippen molar-refractivity contribution in [2.24, 2.45) is 0 Å². The van der Waals surface area contributed by atoms with Crippen LogP contribution in [0.1, 0.15) is 28.4 Å². The van der Waals surface area contributed by atoms with E-state index in [4.69, 9.17) is 4.74 Å². The highest BCUT2D eigenvalue weighted by atomic mass is 16.5. The van der Waals surface area contributed by atoms with Gasteiger partial charge in [0.05, 0.1) is 13.2 Å². The van der Waals surface area contributed by atoms with Gasteiger partial charge in [-0.1, -0.05) is 54.6 Å². The van der Waals surface area contributed by atoms with Gasteiger partial charge in [-0.2, -0.15) is 0 Å². The second-order valence-electron chi connectivity index (χ2n) is 6.84. The first kappa shape index (κ1) is 17.2. The molecule has 0 saturated heterocycles. The third-order valence-electron chi connectivity index (χ3n) is 5.13. The van der Waals surface area contributed by atoms with Crippen LogP contribution in [0.15, 0.2) is 72.8 Å². The van der Waals surface area contributed by atoms with Crippen LogP contribution < -0.4 is 10.1 Å². The number of methoxy groups -OCH3 is 1. The number of aryl methyl sites for hydroxylation is 2. The monoisotopic (exact) mass is 356 g/mol. The highest BCUT2D eigenvalue weighted by Crippen LogP contribution is 2.38. The second-order valence-corrected chi connectivity index (χ2v) is 6.84. The number of H-pyrrole nitrogens is 1. The fourth-order valence-electron chi connectivity index (χ4n) is 3.77. The van der Waals surface area contributed by atoms with Crippen molar-refractivity contribution in [2.45, 2.75) is 19.9 Å². The van der Waals surface area contributed by atoms with Gasteiger partial charge < -0.3 is 15.0 Å². The van der Waals surface area contributed by atoms with E-state index in [9.17, 15) is 0 Å². The third-order valence-corrected chi connectivity index (χ3v) is 5.13. The van der Waals surface area contributed by atoms with Crippen LogP contribution >= 0.6 is 0 Å². The van der Waals surface area contributed by atoms with Crippen molar-refractivity contribution < 1.29 is 4.74 Å². The lowest BCUT2D eigenvalue weighted by Gasteiger charge is -2.24. The van der Waals surface area contributed by atoms with E-state index in [0.717, 1.165) is 28.2 Å². The molecule has 0 bridgehead atoms. The highest BCUT2D eigenvalue weighted by molar-refractivity contribution is 5.86. The van der Waals surface area contributed by atoms with Crippen LogP contribution in [0.5, 0.6) is 5.75 Å². The number of para-hydroxylation sites is 3. The fraction of sp³-hybridized carbons (Fsp3) is 0.167. The van der Waals surface area contributed by atoms with E-state index in [2.05, 4.69) is 84.8 Å². The maximum absolute atomic E-state index is 5.69. The molecule has 1 atom stereocenters. The number of aromatic amines is 1. The molecule has 3 aromatic carbocycles. The lowest BCUT2D eigenvalue weighted by molar-refractivity contribution is 0.408. The summed E-state index contributed by atoms with van der Waals surface area (Å²) in [6.07, 6.45) is 0. The van der Waals surface area contributed by atoms with Gasteiger partial charge in [0.15, 0.2) is 0 Å². The average Bonchev–Trinajstić information content (AvgIpc) is 3.03. The summed E-state index contributed by atoms with van der Waals surface area (Å²) < 4.78 is 5.69. The Balaban J connectivity index is 1.93. The van der Waals surface area contributed by atoms with Crippen molar-refractivity contribution in [1.29, 1.82) is 0 Å². The van der Waals surface area contributed by atoms with Gasteiger partial charge in [-0.25, -0.2) is 0 Å². The quantitative estimate of drug-likeness (QED) is 0.460. The molecule has 0 radical (unpaired) electrons. The number of benzene rings is 3. The van der Waals surface area contributed by atoms with Gasteiger partial charge in [0, 0.05) is 33.4 Å². The van der Waals surface area contributed by atoms with Crippen LogP contribution in [0.4, 0.5) is 5.69 Å². The van der Waals surface area contributed by atoms with Crippen LogP contribution in [0.3, 0.4) is 0 Å². The molecule has 3 nitrogen and oxygen atoms in total. The Morgan fingerprint density at radius 1 is 0.852 bits per heavy atom. The molecule has 0 spiro atoms. The van der Waals surface area contributed by atoms with Crippen molar-refractivity contribution >= 4 is 16.6 Å². The molecule has 4 aromatic rings. The van der Waals surface area contributed by atoms with Crippen molar-refractivity contribution in [3.8, 4) is 5.75 Å². The smallest absolute Gasteiger partial charge is 0.124 e. The predicted molar refractivity (Wildman–Crippen MR) is 113 cm³/mol. The molecule has 0 amide bonds. The molecule has 1 aromatic heterocycles. The van der Waals surface area contributed by atoms with E-state index in [0.29, 0.717) is 0 Å². The van der Waals surface area contributed by atoms with Crippen molar-refractivity contribution in [1.82, 2.24) is 4.98 Å². The minimum absolute atomic E-state index is 0.0293. The SMILES string of the molecule is COc1ccccc1[C@@H](Nc1ccccc1C)c1c(C)[nH]c2ccccc12. The van der Waals surface area contributed by atoms with E-state index in [1.165, 1.54) is 16.5 Å². The zero-order valence-electron chi connectivity index (χ0n) is 15.9. The number of aromatic nitrogens is 1. The predicted octanol–water partition coefficient (Wildman–Crippen LogP) is 5.99. The van der Waals surface area contributed by atoms with Crippen LogP contribution in [0, 0.1) is 13.8 Å². The summed E-state index contributed by atoms with van der Waals surface area (Å²) in [5, 5.41) is 5.00. The second kappa shape index (κ2) is 7.20. The molecule has 0 unspecified atom stereocenters. The van der Waals surface area contributed by atoms with Crippen LogP contribution in [0.2, 0.25) is 0 Å². The first-order valence-electron chi connectivity index (χ1n) is 9.21. The Labute approximate surface area is 160 Å². The standard InChI is InChI=1S/C24H24N2O/c1-16-10-4-7-13-20(16)26-24(19-12-6-9-15-22(19)27-3)23-17(2)25-21-14-8-5-11-18(21)23/h4-15,24-26H,1-3H3/t24-/m1/s1. The number of fused-ring (bicyclic) bond motifs is 1. The molecule has 3 heteroatoms. The maximum atomic E-state index is 5.69. The first-order valence-corrected chi connectivity index (χ1v) is 9.21. The van der Waals surface area contributed by atoms with Gasteiger partial charge in [-0.15, -0.1) is 0 Å². The van der Waals surface area contributed by atoms with Gasteiger partial charge in [-0.05, 0) is 37.6 Å². The molecule has 0 fully saturated rings. The minimum atomic E-state index is -0.0293. The molecular weight excluding hydrogens is 332 g/mol. The summed E-state index contributed by atoms with van der Waals surface area (Å²) >= 11 is 0. The lowest BCUT2D eigenvalue weighted by Crippen LogP contribution is -2.15. The highest BCUT2D eigenvalue weighted by Gasteiger charge is 2.24. The number of rotatable bonds is 5. The molecule has 1 heterocycles. The summed E-state index contributed by atoms with van der Waals surface area (Å²) in [6.45, 7) is 4.26. The Morgan fingerprint density at radius 2 is 1.56 bits per heavy atom. The summed E-state index contributed by atoms with van der Waals surface area (Å²) in [4.78, 5) is 3.53. The third kappa shape index (κ3) is 3.17. The molecule has 0 aliphatic heterocycles. The number of hydrogen-bond acceptors (Lipinski definition) is 2. The normalized spacial score (nSPS) is 12.1. The van der Waals surface area contributed by atoms with Gasteiger partial charge in [0.1, 0.15) is 5.75 Å². The Hall–Kier alpha value is -3.20. The van der Waals surface area contributed by atoms with Crippen LogP contribution in [-0.2, 0) is 0 Å². The summed E-state index contributed by atoms with van der Waals surface area (Å²) in [6, 6.07) is 25.0. The average molecular weight is 356 g/mol. The summed E-state index contributed by atoms with van der Waals surface area (Å²) in [7, 11) is 1.73. The van der Waals surface area contributed by atoms with Gasteiger partial charge in [-0.3, -0.25) is 0 Å². The number of anilines is 1. The molecule has 136 valence electrons. The molecule has 0 aliphatic rings. The molecule has 27 heavy (non-hydrogen) atoms. The lowest BCUT2D eigenvalue weighted by atomic mass is 9.94. The fourth-order valence-corrected chi connectivity index (χ4v) is 3.77. The summed E-state index contributed by atoms with van der Waals surface area (Å²) in [5.74, 6) is 0.883. The van der Waals surface area contributed by atoms with E-state index in [-0.39, 0.29) is 6.04 Å². The topological polar surface area (TPSA) is 37.0 Å². The van der Waals surface area contributed by atoms with Crippen LogP contribution in [-0.4, -0.2) is 12.1 Å². The van der Waals surface area contributed by atoms with Crippen molar-refractivity contribution in [2.75, 3.05) is 12.4 Å². The van der Waals surface area contributed by atoms with Gasteiger partial charge >= 0.3 is 0 Å². The molecule has 0 aliphatic carbocycles. The number of nitrogens with one attached hydrogen (secondary N) is 2. The van der Waals surface area contributed by atoms with E-state index >= 15 is 0 Å². The van der Waals surface area contributed by atoms with Crippen LogP contribution in [0.25, 0.3) is 10.9 Å². The minimum Gasteiger partial charge on any atom is -0.496 e. The Bertz CT molecular complexity index is 1080. The van der Waals surface area contributed by atoms with E-state index < -0.39 is 0 Å². The van der Waals surface area contributed by atoms with E-state index in [1.54, 1.807) is 7.11 Å². The molecule has 0 saturated carbocycles. The Morgan fingerprint density at radius 3 is 2.37 bits per heavy atom. The number of hydrogen-bond donors (Lipinski definition) is 2. The van der Waals surface area contributed by atoms with Gasteiger partial charge in [0.25, 0.3) is 0 Å². The summed E-state index contributed by atoms with van der Waals surface area (Å²) in [5.41, 5.74) is 7.02. The van der Waals surface area contributed by atoms with Gasteiger partial charge in [0.2, 0.25) is 0 Å². The van der Waals surface area contributed by atoms with E-state index in [1.807, 2.05) is 12.1 Å². The van der Waals surface area contributed by atoms with Crippen molar-refractivity contribution in [3.63, 3.8) is 0 Å². The van der Waals surface area contributed by atoms with Crippen molar-refractivity contribution in [3.05, 3.63) is 95.2 Å². The molecule has 4 rings (SSSR count). The zero-order valence-corrected chi connectivity index (χ0v) is 15.9. The molecule has 2 N–H and O–H groups in total. The first-order chi connectivity index (χ1) is 13.2. The number of ether oxygens (including phenoxy) is 1. The largest absolute Gasteiger partial charge is 0.496 e. The zero-order chi connectivity index (χ0) is 18.8.